The first-order valence-electron chi connectivity index (χ1n) is 5.84. The van der Waals surface area contributed by atoms with Crippen LogP contribution in [0, 0.1) is 11.8 Å². The van der Waals surface area contributed by atoms with E-state index < -0.39 is 0 Å². The van der Waals surface area contributed by atoms with E-state index in [9.17, 15) is 0 Å². The van der Waals surface area contributed by atoms with Gasteiger partial charge in [-0.05, 0) is 50.7 Å². The van der Waals surface area contributed by atoms with Crippen molar-refractivity contribution < 1.29 is 0 Å². The maximum Gasteiger partial charge on any atom is 0.0108 e. The Morgan fingerprint density at radius 3 is 2.92 bits per heavy atom. The molecule has 2 fully saturated rings. The number of rotatable bonds is 2. The first kappa shape index (κ1) is 9.47. The van der Waals surface area contributed by atoms with Gasteiger partial charge in [0.15, 0.2) is 0 Å². The molecule has 2 heterocycles. The second kappa shape index (κ2) is 4.43. The molecule has 76 valence electrons. The predicted octanol–water partition coefficient (Wildman–Crippen LogP) is 1.37. The van der Waals surface area contributed by atoms with E-state index in [1.165, 1.54) is 45.3 Å². The van der Waals surface area contributed by atoms with Gasteiger partial charge in [-0.3, -0.25) is 0 Å². The molecular weight excluding hydrogens is 160 g/mol. The zero-order chi connectivity index (χ0) is 9.10. The molecule has 2 nitrogen and oxygen atoms in total. The normalized spacial score (nSPS) is 40.8. The number of piperidine rings is 1. The average Bonchev–Trinajstić information content (AvgIpc) is 2.71. The third-order valence-electron chi connectivity index (χ3n) is 3.72. The van der Waals surface area contributed by atoms with Gasteiger partial charge in [-0.1, -0.05) is 13.3 Å². The maximum atomic E-state index is 3.63. The molecule has 2 rings (SSSR count). The molecule has 2 N–H and O–H groups in total. The van der Waals surface area contributed by atoms with E-state index in [0.717, 1.165) is 17.9 Å². The van der Waals surface area contributed by atoms with Gasteiger partial charge in [0, 0.05) is 6.04 Å². The summed E-state index contributed by atoms with van der Waals surface area (Å²) in [5.74, 6) is 1.84. The van der Waals surface area contributed by atoms with Crippen molar-refractivity contribution in [3.8, 4) is 0 Å². The lowest BCUT2D eigenvalue weighted by atomic mass is 9.84. The lowest BCUT2D eigenvalue weighted by Gasteiger charge is -2.33. The van der Waals surface area contributed by atoms with Gasteiger partial charge in [0.1, 0.15) is 0 Å². The molecule has 0 amide bonds. The number of hydrogen-bond donors (Lipinski definition) is 2. The smallest absolute Gasteiger partial charge is 0.0108 e. The highest BCUT2D eigenvalue weighted by molar-refractivity contribution is 4.87. The van der Waals surface area contributed by atoms with E-state index >= 15 is 0 Å². The van der Waals surface area contributed by atoms with Crippen LogP contribution in [-0.4, -0.2) is 25.7 Å². The van der Waals surface area contributed by atoms with Crippen LogP contribution in [0.5, 0.6) is 0 Å². The minimum absolute atomic E-state index is 0.821. The topological polar surface area (TPSA) is 24.1 Å². The molecule has 0 aliphatic carbocycles. The monoisotopic (exact) mass is 182 g/mol. The molecule has 2 aliphatic heterocycles. The molecule has 2 heteroatoms. The summed E-state index contributed by atoms with van der Waals surface area (Å²) in [6.07, 6.45) is 5.58. The largest absolute Gasteiger partial charge is 0.316 e. The Bertz CT molecular complexity index is 152. The van der Waals surface area contributed by atoms with E-state index in [0.29, 0.717) is 0 Å². The first-order chi connectivity index (χ1) is 6.40. The van der Waals surface area contributed by atoms with Crippen LogP contribution in [0.3, 0.4) is 0 Å². The molecular formula is C11H22N2. The highest BCUT2D eigenvalue weighted by Gasteiger charge is 2.28. The van der Waals surface area contributed by atoms with E-state index in [2.05, 4.69) is 17.6 Å². The van der Waals surface area contributed by atoms with Crippen molar-refractivity contribution in [3.63, 3.8) is 0 Å². The molecule has 0 aromatic carbocycles. The highest BCUT2D eigenvalue weighted by atomic mass is 15.0. The molecule has 0 aromatic rings. The predicted molar refractivity (Wildman–Crippen MR) is 55.8 cm³/mol. The molecule has 0 saturated carbocycles. The fourth-order valence-electron chi connectivity index (χ4n) is 2.80. The van der Waals surface area contributed by atoms with Crippen LogP contribution in [0.15, 0.2) is 0 Å². The summed E-state index contributed by atoms with van der Waals surface area (Å²) in [6, 6.07) is 0.821. The van der Waals surface area contributed by atoms with E-state index in [1.54, 1.807) is 0 Å². The van der Waals surface area contributed by atoms with Crippen molar-refractivity contribution in [2.45, 2.75) is 38.6 Å². The van der Waals surface area contributed by atoms with E-state index in [-0.39, 0.29) is 0 Å². The standard InChI is InChI=1S/C11H22N2/c1-2-9-6-10(8-12-7-9)11-4-3-5-13-11/h9-13H,2-8H2,1H3. The zero-order valence-corrected chi connectivity index (χ0v) is 8.68. The molecule has 0 aromatic heterocycles. The van der Waals surface area contributed by atoms with E-state index in [1.807, 2.05) is 0 Å². The van der Waals surface area contributed by atoms with Crippen molar-refractivity contribution in [1.29, 1.82) is 0 Å². The highest BCUT2D eigenvalue weighted by Crippen LogP contribution is 2.25. The van der Waals surface area contributed by atoms with Crippen LogP contribution < -0.4 is 10.6 Å². The van der Waals surface area contributed by atoms with Crippen LogP contribution in [0.4, 0.5) is 0 Å². The summed E-state index contributed by atoms with van der Waals surface area (Å²) in [7, 11) is 0. The molecule has 0 bridgehead atoms. The molecule has 2 aliphatic rings. The maximum absolute atomic E-state index is 3.63. The third-order valence-corrected chi connectivity index (χ3v) is 3.72. The first-order valence-corrected chi connectivity index (χ1v) is 5.84. The quantitative estimate of drug-likeness (QED) is 0.674. The van der Waals surface area contributed by atoms with E-state index in [4.69, 9.17) is 0 Å². The van der Waals surface area contributed by atoms with Crippen LogP contribution in [-0.2, 0) is 0 Å². The molecule has 3 atom stereocenters. The minimum Gasteiger partial charge on any atom is -0.316 e. The SMILES string of the molecule is CCC1CNCC(C2CCCN2)C1. The van der Waals surface area contributed by atoms with Gasteiger partial charge in [-0.15, -0.1) is 0 Å². The lowest BCUT2D eigenvalue weighted by Crippen LogP contribution is -2.44. The summed E-state index contributed by atoms with van der Waals surface area (Å²) >= 11 is 0. The van der Waals surface area contributed by atoms with Crippen molar-refractivity contribution in [3.05, 3.63) is 0 Å². The molecule has 3 unspecified atom stereocenters. The second-order valence-corrected chi connectivity index (χ2v) is 4.63. The van der Waals surface area contributed by atoms with Crippen LogP contribution in [0.1, 0.15) is 32.6 Å². The van der Waals surface area contributed by atoms with Crippen LogP contribution in [0.25, 0.3) is 0 Å². The Kier molecular flexibility index (Phi) is 3.23. The number of nitrogens with one attached hydrogen (secondary N) is 2. The van der Waals surface area contributed by atoms with Gasteiger partial charge in [0.05, 0.1) is 0 Å². The van der Waals surface area contributed by atoms with Crippen LogP contribution in [0.2, 0.25) is 0 Å². The average molecular weight is 182 g/mol. The molecule has 0 spiro atoms. The summed E-state index contributed by atoms with van der Waals surface area (Å²) in [5.41, 5.74) is 0. The van der Waals surface area contributed by atoms with Gasteiger partial charge in [-0.25, -0.2) is 0 Å². The summed E-state index contributed by atoms with van der Waals surface area (Å²) in [6.45, 7) is 6.06. The Labute approximate surface area is 81.5 Å². The Balaban J connectivity index is 1.84. The minimum atomic E-state index is 0.821. The zero-order valence-electron chi connectivity index (χ0n) is 8.68. The molecule has 2 saturated heterocycles. The number of hydrogen-bond acceptors (Lipinski definition) is 2. The van der Waals surface area contributed by atoms with Crippen molar-refractivity contribution >= 4 is 0 Å². The summed E-state index contributed by atoms with van der Waals surface area (Å²) < 4.78 is 0. The molecule has 13 heavy (non-hydrogen) atoms. The molecule has 0 radical (unpaired) electrons. The summed E-state index contributed by atoms with van der Waals surface area (Å²) in [4.78, 5) is 0. The van der Waals surface area contributed by atoms with Crippen molar-refractivity contribution in [2.75, 3.05) is 19.6 Å². The van der Waals surface area contributed by atoms with Gasteiger partial charge >= 0.3 is 0 Å². The Hall–Kier alpha value is -0.0800. The lowest BCUT2D eigenvalue weighted by molar-refractivity contribution is 0.237. The van der Waals surface area contributed by atoms with Crippen molar-refractivity contribution in [2.24, 2.45) is 11.8 Å². The van der Waals surface area contributed by atoms with Crippen LogP contribution >= 0.6 is 0 Å². The van der Waals surface area contributed by atoms with Gasteiger partial charge in [0.2, 0.25) is 0 Å². The summed E-state index contributed by atoms with van der Waals surface area (Å²) in [5, 5.41) is 7.20. The van der Waals surface area contributed by atoms with Gasteiger partial charge in [-0.2, -0.15) is 0 Å². The van der Waals surface area contributed by atoms with Gasteiger partial charge < -0.3 is 10.6 Å². The fraction of sp³-hybridized carbons (Fsp3) is 1.00. The Morgan fingerprint density at radius 1 is 1.31 bits per heavy atom. The Morgan fingerprint density at radius 2 is 2.23 bits per heavy atom. The van der Waals surface area contributed by atoms with Gasteiger partial charge in [0.25, 0.3) is 0 Å². The fourth-order valence-corrected chi connectivity index (χ4v) is 2.80. The second-order valence-electron chi connectivity index (χ2n) is 4.63. The third kappa shape index (κ3) is 2.23. The van der Waals surface area contributed by atoms with Crippen molar-refractivity contribution in [1.82, 2.24) is 10.6 Å².